The van der Waals surface area contributed by atoms with E-state index in [1.165, 1.54) is 93.5 Å². The molecule has 0 nitrogen and oxygen atoms in total. The summed E-state index contributed by atoms with van der Waals surface area (Å²) in [6, 6.07) is 49.9. The highest BCUT2D eigenvalue weighted by Crippen LogP contribution is 2.46. The SMILES string of the molecule is c1ccc2cc3c(cc2c1)sc1c2cc4cc(-c5ccc6cc(-c7cc8ccccc8s7)ccc6c5)ccc4cc2sc31. The summed E-state index contributed by atoms with van der Waals surface area (Å²) in [5.74, 6) is 0. The van der Waals surface area contributed by atoms with Gasteiger partial charge in [-0.1, -0.05) is 78.9 Å². The van der Waals surface area contributed by atoms with Crippen LogP contribution in [0.15, 0.2) is 133 Å². The zero-order valence-electron chi connectivity index (χ0n) is 22.9. The molecule has 0 saturated carbocycles. The fourth-order valence-corrected chi connectivity index (χ4v) is 10.3. The normalized spacial score (nSPS) is 12.2. The van der Waals surface area contributed by atoms with Crippen LogP contribution in [0, 0.1) is 0 Å². The van der Waals surface area contributed by atoms with Gasteiger partial charge in [0, 0.05) is 29.7 Å². The van der Waals surface area contributed by atoms with E-state index in [2.05, 4.69) is 133 Å². The molecule has 43 heavy (non-hydrogen) atoms. The van der Waals surface area contributed by atoms with E-state index in [1.54, 1.807) is 0 Å². The van der Waals surface area contributed by atoms with Crippen LogP contribution in [0.4, 0.5) is 0 Å². The van der Waals surface area contributed by atoms with E-state index >= 15 is 0 Å². The zero-order valence-corrected chi connectivity index (χ0v) is 25.4. The van der Waals surface area contributed by atoms with Crippen molar-refractivity contribution in [1.29, 1.82) is 0 Å². The number of hydrogen-bond donors (Lipinski definition) is 0. The van der Waals surface area contributed by atoms with Gasteiger partial charge in [-0.2, -0.15) is 0 Å². The number of fused-ring (bicyclic) bond motifs is 9. The third-order valence-corrected chi connectivity index (χ3v) is 12.5. The van der Waals surface area contributed by atoms with Crippen LogP contribution in [0.5, 0.6) is 0 Å². The third-order valence-electron chi connectivity index (χ3n) is 8.79. The average Bonchev–Trinajstić information content (AvgIpc) is 3.74. The summed E-state index contributed by atoms with van der Waals surface area (Å²) in [5.41, 5.74) is 3.80. The molecule has 0 bridgehead atoms. The first-order valence-electron chi connectivity index (χ1n) is 14.5. The highest BCUT2D eigenvalue weighted by molar-refractivity contribution is 7.36. The van der Waals surface area contributed by atoms with Crippen molar-refractivity contribution < 1.29 is 0 Å². The molecular formula is C40H22S3. The number of rotatable bonds is 2. The van der Waals surface area contributed by atoms with Gasteiger partial charge >= 0.3 is 0 Å². The van der Waals surface area contributed by atoms with Crippen molar-refractivity contribution in [3.63, 3.8) is 0 Å². The number of thiophene rings is 3. The molecular weight excluding hydrogens is 577 g/mol. The smallest absolute Gasteiger partial charge is 0.0542 e. The van der Waals surface area contributed by atoms with E-state index in [0.717, 1.165) is 0 Å². The largest absolute Gasteiger partial charge is 0.135 e. The van der Waals surface area contributed by atoms with Gasteiger partial charge in [0.1, 0.15) is 0 Å². The Labute approximate surface area is 259 Å². The average molecular weight is 599 g/mol. The van der Waals surface area contributed by atoms with Crippen LogP contribution in [0.3, 0.4) is 0 Å². The van der Waals surface area contributed by atoms with Crippen LogP contribution < -0.4 is 0 Å². The zero-order chi connectivity index (χ0) is 28.1. The standard InChI is InChI=1S/C40H22S3/c1-2-6-24-20-37-33(18-23(24)5-1)39-40(42-37)34-19-32-17-28(11-12-29(32)21-38(34)43-39)25-9-10-27-16-31(14-13-26(27)15-25)36-22-30-7-3-4-8-35(30)41-36/h1-22H. The minimum atomic E-state index is 1.26. The van der Waals surface area contributed by atoms with Crippen LogP contribution >= 0.6 is 34.0 Å². The fraction of sp³-hybridized carbons (Fsp3) is 0. The maximum absolute atomic E-state index is 2.42. The summed E-state index contributed by atoms with van der Waals surface area (Å²) in [7, 11) is 0. The van der Waals surface area contributed by atoms with Crippen molar-refractivity contribution >= 4 is 106 Å². The Morgan fingerprint density at radius 1 is 0.302 bits per heavy atom. The Morgan fingerprint density at radius 2 is 0.791 bits per heavy atom. The van der Waals surface area contributed by atoms with Crippen molar-refractivity contribution in [2.24, 2.45) is 0 Å². The molecule has 3 heterocycles. The predicted molar refractivity (Wildman–Crippen MR) is 193 cm³/mol. The Morgan fingerprint density at radius 3 is 1.47 bits per heavy atom. The Balaban J connectivity index is 1.07. The first kappa shape index (κ1) is 24.0. The van der Waals surface area contributed by atoms with Crippen LogP contribution in [0.2, 0.25) is 0 Å². The Kier molecular flexibility index (Phi) is 5.00. The summed E-state index contributed by atoms with van der Waals surface area (Å²) in [6.45, 7) is 0. The maximum atomic E-state index is 2.42. The van der Waals surface area contributed by atoms with Gasteiger partial charge in [-0.05, 0) is 109 Å². The van der Waals surface area contributed by atoms with Gasteiger partial charge in [0.25, 0.3) is 0 Å². The van der Waals surface area contributed by atoms with Gasteiger partial charge in [-0.25, -0.2) is 0 Å². The Hall–Kier alpha value is -4.54. The first-order chi connectivity index (χ1) is 21.2. The van der Waals surface area contributed by atoms with Crippen LogP contribution in [0.25, 0.3) is 93.5 Å². The number of hydrogen-bond acceptors (Lipinski definition) is 3. The van der Waals surface area contributed by atoms with Gasteiger partial charge in [0.2, 0.25) is 0 Å². The molecule has 10 rings (SSSR count). The van der Waals surface area contributed by atoms with Gasteiger partial charge in [0.05, 0.1) is 9.40 Å². The second-order valence-electron chi connectivity index (χ2n) is 11.4. The molecule has 0 atom stereocenters. The lowest BCUT2D eigenvalue weighted by molar-refractivity contribution is 1.68. The van der Waals surface area contributed by atoms with Crippen molar-refractivity contribution in [3.05, 3.63) is 133 Å². The third kappa shape index (κ3) is 3.72. The molecule has 0 unspecified atom stereocenters. The lowest BCUT2D eigenvalue weighted by Crippen LogP contribution is -1.82. The van der Waals surface area contributed by atoms with E-state index in [4.69, 9.17) is 0 Å². The molecule has 0 fully saturated rings. The van der Waals surface area contributed by atoms with Crippen molar-refractivity contribution in [2.45, 2.75) is 0 Å². The highest BCUT2D eigenvalue weighted by atomic mass is 32.1. The summed E-state index contributed by atoms with van der Waals surface area (Å²) < 4.78 is 6.92. The topological polar surface area (TPSA) is 0 Å². The molecule has 0 aliphatic rings. The number of benzene rings is 7. The van der Waals surface area contributed by atoms with E-state index in [1.807, 2.05) is 34.0 Å². The lowest BCUT2D eigenvalue weighted by Gasteiger charge is -2.08. The fourth-order valence-electron chi connectivity index (χ4n) is 6.57. The van der Waals surface area contributed by atoms with Crippen LogP contribution in [-0.2, 0) is 0 Å². The van der Waals surface area contributed by atoms with Crippen molar-refractivity contribution in [2.75, 3.05) is 0 Å². The molecule has 10 aromatic rings. The maximum Gasteiger partial charge on any atom is 0.0542 e. The van der Waals surface area contributed by atoms with E-state index in [-0.39, 0.29) is 0 Å². The lowest BCUT2D eigenvalue weighted by atomic mass is 9.97. The van der Waals surface area contributed by atoms with Gasteiger partial charge < -0.3 is 0 Å². The van der Waals surface area contributed by atoms with E-state index in [9.17, 15) is 0 Å². The second kappa shape index (κ2) is 8.98. The van der Waals surface area contributed by atoms with Gasteiger partial charge in [-0.15, -0.1) is 34.0 Å². The molecule has 0 amide bonds. The first-order valence-corrected chi connectivity index (χ1v) is 16.9. The summed E-state index contributed by atoms with van der Waals surface area (Å²) >= 11 is 5.73. The highest BCUT2D eigenvalue weighted by Gasteiger charge is 2.14. The van der Waals surface area contributed by atoms with Crippen molar-refractivity contribution in [3.8, 4) is 21.6 Å². The monoisotopic (exact) mass is 598 g/mol. The molecule has 0 saturated heterocycles. The van der Waals surface area contributed by atoms with Crippen LogP contribution in [-0.4, -0.2) is 0 Å². The quantitative estimate of drug-likeness (QED) is 0.186. The van der Waals surface area contributed by atoms with E-state index in [0.29, 0.717) is 0 Å². The molecule has 0 N–H and O–H groups in total. The molecule has 3 heteroatoms. The minimum Gasteiger partial charge on any atom is -0.135 e. The summed E-state index contributed by atoms with van der Waals surface area (Å²) in [6.07, 6.45) is 0. The molecule has 0 radical (unpaired) electrons. The van der Waals surface area contributed by atoms with Gasteiger partial charge in [0.15, 0.2) is 0 Å². The molecule has 0 aliphatic carbocycles. The minimum absolute atomic E-state index is 1.26. The molecule has 200 valence electrons. The Bertz CT molecular complexity index is 2700. The van der Waals surface area contributed by atoms with Crippen molar-refractivity contribution in [1.82, 2.24) is 0 Å². The molecule has 0 spiro atoms. The van der Waals surface area contributed by atoms with Gasteiger partial charge in [-0.3, -0.25) is 0 Å². The second-order valence-corrected chi connectivity index (χ2v) is 14.6. The summed E-state index contributed by atoms with van der Waals surface area (Å²) in [5, 5.41) is 11.9. The summed E-state index contributed by atoms with van der Waals surface area (Å²) in [4.78, 5) is 1.32. The predicted octanol–water partition coefficient (Wildman–Crippen LogP) is 13.3. The molecule has 0 aliphatic heterocycles. The van der Waals surface area contributed by atoms with E-state index < -0.39 is 0 Å². The molecule has 7 aromatic carbocycles. The van der Waals surface area contributed by atoms with Crippen LogP contribution in [0.1, 0.15) is 0 Å². The molecule has 3 aromatic heterocycles.